The van der Waals surface area contributed by atoms with Crippen molar-refractivity contribution >= 4 is 5.91 Å². The van der Waals surface area contributed by atoms with E-state index in [0.29, 0.717) is 19.4 Å². The summed E-state index contributed by atoms with van der Waals surface area (Å²) in [5.41, 5.74) is 0.383. The summed E-state index contributed by atoms with van der Waals surface area (Å²) in [5, 5.41) is 13.0. The molecule has 1 rings (SSSR count). The van der Waals surface area contributed by atoms with Crippen LogP contribution in [-0.4, -0.2) is 23.2 Å². The minimum Gasteiger partial charge on any atom is -0.388 e. The average Bonchev–Trinajstić information content (AvgIpc) is 2.45. The highest BCUT2D eigenvalue weighted by molar-refractivity contribution is 5.78. The van der Waals surface area contributed by atoms with E-state index in [2.05, 4.69) is 5.32 Å². The van der Waals surface area contributed by atoms with Crippen molar-refractivity contribution in [1.82, 2.24) is 5.32 Å². The summed E-state index contributed by atoms with van der Waals surface area (Å²) in [6.45, 7) is 6.11. The van der Waals surface area contributed by atoms with E-state index in [0.717, 1.165) is 12.0 Å². The number of hydrogen-bond donors (Lipinski definition) is 2. The van der Waals surface area contributed by atoms with Crippen LogP contribution >= 0.6 is 0 Å². The predicted octanol–water partition coefficient (Wildman–Crippen LogP) is 2.53. The highest BCUT2D eigenvalue weighted by Crippen LogP contribution is 2.14. The highest BCUT2D eigenvalue weighted by Gasteiger charge is 2.24. The number of hydrogen-bond acceptors (Lipinski definition) is 2. The molecule has 0 aromatic heterocycles. The maximum absolute atomic E-state index is 12.0. The molecule has 0 spiro atoms. The first kappa shape index (κ1) is 15.7. The van der Waals surface area contributed by atoms with Crippen molar-refractivity contribution in [3.63, 3.8) is 0 Å². The van der Waals surface area contributed by atoms with Crippen molar-refractivity contribution in [1.29, 1.82) is 0 Å². The third kappa shape index (κ3) is 5.03. The van der Waals surface area contributed by atoms with Crippen LogP contribution in [0.1, 0.15) is 39.2 Å². The Morgan fingerprint density at radius 2 is 1.84 bits per heavy atom. The van der Waals surface area contributed by atoms with E-state index in [1.54, 1.807) is 0 Å². The van der Waals surface area contributed by atoms with Gasteiger partial charge in [-0.3, -0.25) is 4.79 Å². The third-order valence-electron chi connectivity index (χ3n) is 3.74. The van der Waals surface area contributed by atoms with Crippen LogP contribution in [0.2, 0.25) is 0 Å². The lowest BCUT2D eigenvalue weighted by atomic mass is 9.96. The van der Waals surface area contributed by atoms with Crippen LogP contribution in [0.4, 0.5) is 0 Å². The first-order valence-electron chi connectivity index (χ1n) is 7.04. The number of nitrogens with one attached hydrogen (secondary N) is 1. The van der Waals surface area contributed by atoms with Crippen LogP contribution in [-0.2, 0) is 11.2 Å². The van der Waals surface area contributed by atoms with Crippen LogP contribution in [0.5, 0.6) is 0 Å². The Balaban J connectivity index is 2.45. The van der Waals surface area contributed by atoms with Gasteiger partial charge in [-0.2, -0.15) is 0 Å². The molecule has 2 N–H and O–H groups in total. The number of rotatable bonds is 7. The molecule has 3 nitrogen and oxygen atoms in total. The fourth-order valence-corrected chi connectivity index (χ4v) is 1.99. The average molecular weight is 263 g/mol. The fraction of sp³-hybridized carbons (Fsp3) is 0.562. The molecular formula is C16H25NO2. The van der Waals surface area contributed by atoms with Crippen LogP contribution in [0.3, 0.4) is 0 Å². The summed E-state index contributed by atoms with van der Waals surface area (Å²) >= 11 is 0. The number of carbonyl (C=O) groups is 1. The largest absolute Gasteiger partial charge is 0.388 e. The summed E-state index contributed by atoms with van der Waals surface area (Å²) in [5.74, 6) is -0.0791. The second kappa shape index (κ2) is 7.29. The molecular weight excluding hydrogens is 238 g/mol. The number of aliphatic hydroxyl groups is 1. The molecule has 0 saturated carbocycles. The second-order valence-electron chi connectivity index (χ2n) is 5.24. The maximum atomic E-state index is 12.0. The normalized spacial score (nSPS) is 13.1. The van der Waals surface area contributed by atoms with E-state index in [9.17, 15) is 9.90 Å². The summed E-state index contributed by atoms with van der Waals surface area (Å²) in [6.07, 6.45) is 2.02. The zero-order valence-corrected chi connectivity index (χ0v) is 12.1. The van der Waals surface area contributed by atoms with Gasteiger partial charge in [0.1, 0.15) is 0 Å². The van der Waals surface area contributed by atoms with Crippen molar-refractivity contribution in [2.24, 2.45) is 5.92 Å². The molecule has 1 aromatic carbocycles. The Labute approximate surface area is 116 Å². The molecule has 0 aliphatic rings. The minimum absolute atomic E-state index is 0.00387. The van der Waals surface area contributed by atoms with Gasteiger partial charge in [-0.1, -0.05) is 51.1 Å². The van der Waals surface area contributed by atoms with Crippen LogP contribution < -0.4 is 5.32 Å². The summed E-state index contributed by atoms with van der Waals surface area (Å²) in [4.78, 5) is 12.0. The molecule has 106 valence electrons. The molecule has 0 aliphatic carbocycles. The lowest BCUT2D eigenvalue weighted by Gasteiger charge is -2.26. The Kier molecular flexibility index (Phi) is 6.03. The third-order valence-corrected chi connectivity index (χ3v) is 3.74. The summed E-state index contributed by atoms with van der Waals surface area (Å²) in [6, 6.07) is 9.98. The predicted molar refractivity (Wildman–Crippen MR) is 77.9 cm³/mol. The van der Waals surface area contributed by atoms with Gasteiger partial charge in [0, 0.05) is 12.5 Å². The Morgan fingerprint density at radius 3 is 2.37 bits per heavy atom. The van der Waals surface area contributed by atoms with Gasteiger partial charge in [0.25, 0.3) is 0 Å². The first-order chi connectivity index (χ1) is 9.00. The molecule has 0 bridgehead atoms. The molecule has 1 aromatic rings. The topological polar surface area (TPSA) is 49.3 Å². The Hall–Kier alpha value is -1.35. The van der Waals surface area contributed by atoms with Gasteiger partial charge in [-0.25, -0.2) is 0 Å². The number of carbonyl (C=O) groups excluding carboxylic acids is 1. The molecule has 0 aliphatic heterocycles. The Morgan fingerprint density at radius 1 is 1.26 bits per heavy atom. The fourth-order valence-electron chi connectivity index (χ4n) is 1.99. The standard InChI is InChI=1S/C16H25NO2/c1-4-16(19,5-2)12-17-15(18)13(3)11-14-9-7-6-8-10-14/h6-10,13,19H,4-5,11-12H2,1-3H3,(H,17,18). The van der Waals surface area contributed by atoms with E-state index in [-0.39, 0.29) is 11.8 Å². The summed E-state index contributed by atoms with van der Waals surface area (Å²) < 4.78 is 0. The molecule has 1 atom stereocenters. The van der Waals surface area contributed by atoms with Crippen molar-refractivity contribution in [2.75, 3.05) is 6.54 Å². The van der Waals surface area contributed by atoms with Crippen molar-refractivity contribution in [2.45, 2.75) is 45.6 Å². The zero-order valence-electron chi connectivity index (χ0n) is 12.1. The van der Waals surface area contributed by atoms with Crippen molar-refractivity contribution in [3.05, 3.63) is 35.9 Å². The molecule has 3 heteroatoms. The van der Waals surface area contributed by atoms with E-state index < -0.39 is 5.60 Å². The lowest BCUT2D eigenvalue weighted by molar-refractivity contribution is -0.125. The van der Waals surface area contributed by atoms with Crippen LogP contribution in [0, 0.1) is 5.92 Å². The van der Waals surface area contributed by atoms with Crippen molar-refractivity contribution < 1.29 is 9.90 Å². The second-order valence-corrected chi connectivity index (χ2v) is 5.24. The lowest BCUT2D eigenvalue weighted by Crippen LogP contribution is -2.43. The molecule has 19 heavy (non-hydrogen) atoms. The monoisotopic (exact) mass is 263 g/mol. The smallest absolute Gasteiger partial charge is 0.223 e. The van der Waals surface area contributed by atoms with E-state index in [4.69, 9.17) is 0 Å². The van der Waals surface area contributed by atoms with Gasteiger partial charge >= 0.3 is 0 Å². The maximum Gasteiger partial charge on any atom is 0.223 e. The summed E-state index contributed by atoms with van der Waals surface area (Å²) in [7, 11) is 0. The van der Waals surface area contributed by atoms with Gasteiger partial charge in [0.15, 0.2) is 0 Å². The van der Waals surface area contributed by atoms with Gasteiger partial charge < -0.3 is 10.4 Å². The molecule has 0 radical (unpaired) electrons. The van der Waals surface area contributed by atoms with E-state index in [1.807, 2.05) is 51.1 Å². The number of amides is 1. The van der Waals surface area contributed by atoms with E-state index in [1.165, 1.54) is 0 Å². The quantitative estimate of drug-likeness (QED) is 0.794. The van der Waals surface area contributed by atoms with Gasteiger partial charge in [0.05, 0.1) is 5.60 Å². The first-order valence-corrected chi connectivity index (χ1v) is 7.04. The van der Waals surface area contributed by atoms with Gasteiger partial charge in [-0.05, 0) is 24.8 Å². The highest BCUT2D eigenvalue weighted by atomic mass is 16.3. The molecule has 1 unspecified atom stereocenters. The van der Waals surface area contributed by atoms with Crippen molar-refractivity contribution in [3.8, 4) is 0 Å². The molecule has 0 heterocycles. The SMILES string of the molecule is CCC(O)(CC)CNC(=O)C(C)Cc1ccccc1. The Bertz CT molecular complexity index is 385. The van der Waals surface area contributed by atoms with Gasteiger partial charge in [0.2, 0.25) is 5.91 Å². The van der Waals surface area contributed by atoms with Crippen LogP contribution in [0.15, 0.2) is 30.3 Å². The zero-order chi connectivity index (χ0) is 14.3. The molecule has 0 fully saturated rings. The van der Waals surface area contributed by atoms with E-state index >= 15 is 0 Å². The minimum atomic E-state index is -0.776. The van der Waals surface area contributed by atoms with Crippen LogP contribution in [0.25, 0.3) is 0 Å². The molecule has 0 saturated heterocycles. The number of benzene rings is 1. The van der Waals surface area contributed by atoms with Gasteiger partial charge in [-0.15, -0.1) is 0 Å². The molecule has 1 amide bonds.